The number of hydrogen-bond donors (Lipinski definition) is 0. The summed E-state index contributed by atoms with van der Waals surface area (Å²) in [5, 5.41) is 0. The summed E-state index contributed by atoms with van der Waals surface area (Å²) in [7, 11) is 0. The third-order valence-corrected chi connectivity index (χ3v) is 2.19. The van der Waals surface area contributed by atoms with Crippen molar-refractivity contribution >= 4 is 17.7 Å². The van der Waals surface area contributed by atoms with Crippen molar-refractivity contribution in [2.24, 2.45) is 0 Å². The second kappa shape index (κ2) is 3.88. The van der Waals surface area contributed by atoms with E-state index in [0.717, 1.165) is 4.90 Å². The monoisotopic (exact) mass is 223 g/mol. The largest absolute Gasteiger partial charge is 0.447 e. The van der Waals surface area contributed by atoms with E-state index >= 15 is 0 Å². The van der Waals surface area contributed by atoms with Gasteiger partial charge >= 0.3 is 6.09 Å². The number of amides is 1. The van der Waals surface area contributed by atoms with Crippen molar-refractivity contribution < 1.29 is 18.7 Å². The zero-order chi connectivity index (χ0) is 11.7. The molecule has 1 saturated heterocycles. The van der Waals surface area contributed by atoms with Crippen molar-refractivity contribution in [2.45, 2.75) is 0 Å². The van der Waals surface area contributed by atoms with E-state index in [1.807, 2.05) is 0 Å². The molecule has 1 fully saturated rings. The van der Waals surface area contributed by atoms with E-state index in [-0.39, 0.29) is 24.5 Å². The van der Waals surface area contributed by atoms with Gasteiger partial charge in [-0.1, -0.05) is 0 Å². The SMILES string of the molecule is [CH2]C(=O)c1ccnc(N2CCOC2=O)c1F. The van der Waals surface area contributed by atoms with Crippen molar-refractivity contribution in [3.8, 4) is 0 Å². The summed E-state index contributed by atoms with van der Waals surface area (Å²) in [4.78, 5) is 27.0. The molecular weight excluding hydrogens is 215 g/mol. The molecule has 0 bridgehead atoms. The molecule has 1 aromatic heterocycles. The molecule has 1 amide bonds. The predicted molar refractivity (Wildman–Crippen MR) is 52.6 cm³/mol. The average molecular weight is 223 g/mol. The zero-order valence-electron chi connectivity index (χ0n) is 8.27. The molecular formula is C10H8FN2O3. The minimum Gasteiger partial charge on any atom is -0.447 e. The number of halogens is 1. The van der Waals surface area contributed by atoms with E-state index in [1.165, 1.54) is 12.3 Å². The van der Waals surface area contributed by atoms with E-state index in [1.54, 1.807) is 0 Å². The Balaban J connectivity index is 2.45. The lowest BCUT2D eigenvalue weighted by molar-refractivity contribution is 0.104. The molecule has 0 saturated carbocycles. The Morgan fingerprint density at radius 2 is 2.38 bits per heavy atom. The van der Waals surface area contributed by atoms with Crippen LogP contribution in [-0.2, 0) is 4.74 Å². The highest BCUT2D eigenvalue weighted by Crippen LogP contribution is 2.22. The lowest BCUT2D eigenvalue weighted by Crippen LogP contribution is -2.26. The molecule has 16 heavy (non-hydrogen) atoms. The fourth-order valence-electron chi connectivity index (χ4n) is 1.42. The van der Waals surface area contributed by atoms with Crippen LogP contribution in [0.15, 0.2) is 12.3 Å². The third-order valence-electron chi connectivity index (χ3n) is 2.19. The van der Waals surface area contributed by atoms with Gasteiger partial charge in [0.2, 0.25) is 0 Å². The molecule has 6 heteroatoms. The Morgan fingerprint density at radius 3 is 2.94 bits per heavy atom. The van der Waals surface area contributed by atoms with Crippen LogP contribution < -0.4 is 4.90 Å². The van der Waals surface area contributed by atoms with E-state index in [4.69, 9.17) is 0 Å². The molecule has 1 aromatic rings. The molecule has 1 aliphatic rings. The fourth-order valence-corrected chi connectivity index (χ4v) is 1.42. The second-order valence-corrected chi connectivity index (χ2v) is 3.19. The van der Waals surface area contributed by atoms with Gasteiger partial charge in [-0.2, -0.15) is 0 Å². The first-order valence-corrected chi connectivity index (χ1v) is 4.56. The number of aromatic nitrogens is 1. The van der Waals surface area contributed by atoms with Crippen LogP contribution >= 0.6 is 0 Å². The first-order chi connectivity index (χ1) is 7.61. The van der Waals surface area contributed by atoms with Gasteiger partial charge in [-0.3, -0.25) is 9.69 Å². The summed E-state index contributed by atoms with van der Waals surface area (Å²) in [6.45, 7) is 3.52. The Bertz CT molecular complexity index is 461. The second-order valence-electron chi connectivity index (χ2n) is 3.19. The smallest absolute Gasteiger partial charge is 0.415 e. The molecule has 0 N–H and O–H groups in total. The average Bonchev–Trinajstić information content (AvgIpc) is 2.64. The Kier molecular flexibility index (Phi) is 2.55. The summed E-state index contributed by atoms with van der Waals surface area (Å²) >= 11 is 0. The van der Waals surface area contributed by atoms with Crippen LogP contribution in [0.1, 0.15) is 10.4 Å². The highest BCUT2D eigenvalue weighted by Gasteiger charge is 2.28. The van der Waals surface area contributed by atoms with Gasteiger partial charge < -0.3 is 4.74 Å². The Hall–Kier alpha value is -1.98. The maximum atomic E-state index is 13.8. The highest BCUT2D eigenvalue weighted by atomic mass is 19.1. The van der Waals surface area contributed by atoms with Gasteiger partial charge in [-0.05, 0) is 6.07 Å². The normalized spacial score (nSPS) is 15.1. The van der Waals surface area contributed by atoms with Gasteiger partial charge in [0.25, 0.3) is 0 Å². The summed E-state index contributed by atoms with van der Waals surface area (Å²) in [5.74, 6) is -1.70. The number of nitrogens with zero attached hydrogens (tertiary/aromatic N) is 2. The number of Topliss-reactive ketones (excluding diaryl/α,β-unsaturated/α-hetero) is 1. The first-order valence-electron chi connectivity index (χ1n) is 4.56. The van der Waals surface area contributed by atoms with Crippen LogP contribution in [-0.4, -0.2) is 30.0 Å². The van der Waals surface area contributed by atoms with Crippen LogP contribution in [0.2, 0.25) is 0 Å². The summed E-state index contributed by atoms with van der Waals surface area (Å²) in [6, 6.07) is 1.22. The Labute approximate surface area is 90.8 Å². The predicted octanol–water partition coefficient (Wildman–Crippen LogP) is 1.19. The van der Waals surface area contributed by atoms with Gasteiger partial charge in [0, 0.05) is 13.1 Å². The topological polar surface area (TPSA) is 59.5 Å². The van der Waals surface area contributed by atoms with Crippen molar-refractivity contribution in [3.05, 3.63) is 30.6 Å². The highest BCUT2D eigenvalue weighted by molar-refractivity contribution is 6.00. The molecule has 5 nitrogen and oxygen atoms in total. The standard InChI is InChI=1S/C10H8FN2O3/c1-6(14)7-2-3-12-9(8(7)11)13-4-5-16-10(13)15/h2-3H,1,4-5H2. The molecule has 2 rings (SSSR count). The third kappa shape index (κ3) is 1.62. The number of hydrogen-bond acceptors (Lipinski definition) is 4. The van der Waals surface area contributed by atoms with E-state index < -0.39 is 17.7 Å². The lowest BCUT2D eigenvalue weighted by atomic mass is 10.2. The van der Waals surface area contributed by atoms with E-state index in [2.05, 4.69) is 16.6 Å². The maximum Gasteiger partial charge on any atom is 0.415 e. The fraction of sp³-hybridized carbons (Fsp3) is 0.200. The molecule has 2 heterocycles. The van der Waals surface area contributed by atoms with E-state index in [0.29, 0.717) is 0 Å². The summed E-state index contributed by atoms with van der Waals surface area (Å²) in [6.07, 6.45) is 0.586. The summed E-state index contributed by atoms with van der Waals surface area (Å²) in [5.41, 5.74) is -0.190. The van der Waals surface area contributed by atoms with Crippen LogP contribution in [0.4, 0.5) is 15.0 Å². The van der Waals surface area contributed by atoms with Crippen molar-refractivity contribution in [3.63, 3.8) is 0 Å². The summed E-state index contributed by atoms with van der Waals surface area (Å²) < 4.78 is 18.4. The molecule has 0 unspecified atom stereocenters. The van der Waals surface area contributed by atoms with Crippen molar-refractivity contribution in [1.82, 2.24) is 4.98 Å². The number of carbonyl (C=O) groups is 2. The van der Waals surface area contributed by atoms with Gasteiger partial charge in [0.05, 0.1) is 12.1 Å². The number of cyclic esters (lactones) is 1. The number of ketones is 1. The van der Waals surface area contributed by atoms with Crippen LogP contribution in [0.25, 0.3) is 0 Å². The maximum absolute atomic E-state index is 13.8. The van der Waals surface area contributed by atoms with Crippen LogP contribution in [0.5, 0.6) is 0 Å². The molecule has 0 aliphatic carbocycles. The van der Waals surface area contributed by atoms with Gasteiger partial charge in [-0.15, -0.1) is 0 Å². The molecule has 1 radical (unpaired) electrons. The minimum atomic E-state index is -0.846. The quantitative estimate of drug-likeness (QED) is 0.706. The van der Waals surface area contributed by atoms with Crippen molar-refractivity contribution in [2.75, 3.05) is 18.1 Å². The van der Waals surface area contributed by atoms with Gasteiger partial charge in [0.15, 0.2) is 17.4 Å². The number of carbonyl (C=O) groups excluding carboxylic acids is 2. The minimum absolute atomic E-state index is 0.183. The molecule has 1 aliphatic heterocycles. The first kappa shape index (κ1) is 10.5. The molecule has 0 aromatic carbocycles. The van der Waals surface area contributed by atoms with Gasteiger partial charge in [0.1, 0.15) is 6.61 Å². The number of rotatable bonds is 2. The number of anilines is 1. The van der Waals surface area contributed by atoms with Gasteiger partial charge in [-0.25, -0.2) is 14.2 Å². The van der Waals surface area contributed by atoms with Crippen LogP contribution in [0, 0.1) is 12.7 Å². The van der Waals surface area contributed by atoms with E-state index in [9.17, 15) is 14.0 Å². The molecule has 83 valence electrons. The van der Waals surface area contributed by atoms with Crippen molar-refractivity contribution in [1.29, 1.82) is 0 Å². The van der Waals surface area contributed by atoms with Crippen LogP contribution in [0.3, 0.4) is 0 Å². The molecule has 0 atom stereocenters. The Morgan fingerprint density at radius 1 is 1.62 bits per heavy atom. The zero-order valence-corrected chi connectivity index (χ0v) is 8.27. The lowest BCUT2D eigenvalue weighted by Gasteiger charge is -2.13. The number of pyridine rings is 1. The number of ether oxygens (including phenoxy) is 1. The molecule has 0 spiro atoms.